The quantitative estimate of drug-likeness (QED) is 0.736. The first-order valence-corrected chi connectivity index (χ1v) is 9.08. The van der Waals surface area contributed by atoms with E-state index in [4.69, 9.17) is 4.74 Å². The van der Waals surface area contributed by atoms with Gasteiger partial charge in [-0.05, 0) is 54.5 Å². The zero-order chi connectivity index (χ0) is 19.7. The van der Waals surface area contributed by atoms with Crippen LogP contribution in [0.1, 0.15) is 36.6 Å². The molecule has 1 atom stereocenters. The van der Waals surface area contributed by atoms with E-state index in [9.17, 15) is 4.79 Å². The summed E-state index contributed by atoms with van der Waals surface area (Å²) in [4.78, 5) is 12.3. The van der Waals surface area contributed by atoms with E-state index in [2.05, 4.69) is 52.0 Å². The van der Waals surface area contributed by atoms with Crippen LogP contribution in [-0.2, 0) is 11.4 Å². The molecule has 142 valence electrons. The van der Waals surface area contributed by atoms with E-state index in [1.54, 1.807) is 11.6 Å². The van der Waals surface area contributed by atoms with Crippen LogP contribution in [0.15, 0.2) is 59.8 Å². The fourth-order valence-corrected chi connectivity index (χ4v) is 3.40. The number of fused-ring (bicyclic) bond motifs is 1. The van der Waals surface area contributed by atoms with Gasteiger partial charge >= 0.3 is 0 Å². The van der Waals surface area contributed by atoms with Gasteiger partial charge in [0.2, 0.25) is 5.95 Å². The molecular weight excluding hydrogens is 354 g/mol. The largest absolute Gasteiger partial charge is 0.489 e. The molecular formula is C21H21N5O2. The number of carbonyl (C=O) groups is 1. The molecule has 2 aromatic carbocycles. The molecule has 0 saturated carbocycles. The molecule has 1 aliphatic heterocycles. The summed E-state index contributed by atoms with van der Waals surface area (Å²) in [6.07, 6.45) is 0. The fourth-order valence-electron chi connectivity index (χ4n) is 3.40. The van der Waals surface area contributed by atoms with Crippen molar-refractivity contribution in [1.29, 1.82) is 0 Å². The number of tetrazole rings is 1. The molecule has 7 heteroatoms. The molecule has 0 fully saturated rings. The van der Waals surface area contributed by atoms with Crippen LogP contribution in [-0.4, -0.2) is 26.0 Å². The summed E-state index contributed by atoms with van der Waals surface area (Å²) in [5, 5.41) is 14.9. The second kappa shape index (κ2) is 7.26. The van der Waals surface area contributed by atoms with Crippen LogP contribution in [0.3, 0.4) is 0 Å². The Morgan fingerprint density at radius 3 is 2.71 bits per heavy atom. The summed E-state index contributed by atoms with van der Waals surface area (Å²) >= 11 is 0. The Morgan fingerprint density at radius 2 is 1.96 bits per heavy atom. The molecule has 7 nitrogen and oxygen atoms in total. The van der Waals surface area contributed by atoms with Gasteiger partial charge in [0, 0.05) is 11.3 Å². The van der Waals surface area contributed by atoms with Crippen LogP contribution in [0.5, 0.6) is 5.75 Å². The van der Waals surface area contributed by atoms with E-state index < -0.39 is 6.04 Å². The molecule has 1 unspecified atom stereocenters. The van der Waals surface area contributed by atoms with Crippen LogP contribution in [0.2, 0.25) is 0 Å². The molecule has 1 aromatic heterocycles. The number of nitrogens with one attached hydrogen (secondary N) is 1. The minimum Gasteiger partial charge on any atom is -0.489 e. The maximum atomic E-state index is 12.3. The predicted octanol–water partition coefficient (Wildman–Crippen LogP) is 3.44. The van der Waals surface area contributed by atoms with Crippen molar-refractivity contribution in [2.24, 2.45) is 0 Å². The Bertz CT molecular complexity index is 1050. The Labute approximate surface area is 163 Å². The van der Waals surface area contributed by atoms with Crippen molar-refractivity contribution in [1.82, 2.24) is 20.2 Å². The molecule has 0 saturated heterocycles. The number of hydrogen-bond donors (Lipinski definition) is 1. The lowest BCUT2D eigenvalue weighted by molar-refractivity contribution is -0.114. The van der Waals surface area contributed by atoms with Crippen LogP contribution in [0.4, 0.5) is 5.95 Å². The minimum absolute atomic E-state index is 0.0258. The van der Waals surface area contributed by atoms with Gasteiger partial charge in [0.25, 0.3) is 0 Å². The van der Waals surface area contributed by atoms with Gasteiger partial charge in [-0.25, -0.2) is 0 Å². The molecule has 0 bridgehead atoms. The maximum Gasteiger partial charge on any atom is 0.248 e. The van der Waals surface area contributed by atoms with E-state index in [-0.39, 0.29) is 5.78 Å². The van der Waals surface area contributed by atoms with Crippen molar-refractivity contribution < 1.29 is 9.53 Å². The number of aromatic nitrogens is 4. The molecule has 0 aliphatic carbocycles. The Morgan fingerprint density at radius 1 is 1.18 bits per heavy atom. The molecule has 1 aliphatic rings. The number of anilines is 1. The van der Waals surface area contributed by atoms with Crippen molar-refractivity contribution in [3.05, 3.63) is 76.5 Å². The summed E-state index contributed by atoms with van der Waals surface area (Å²) in [5.41, 5.74) is 4.59. The van der Waals surface area contributed by atoms with E-state index in [1.165, 1.54) is 5.56 Å². The number of nitrogens with zero attached hydrogens (tertiary/aromatic N) is 4. The van der Waals surface area contributed by atoms with Crippen LogP contribution >= 0.6 is 0 Å². The van der Waals surface area contributed by atoms with E-state index in [0.29, 0.717) is 18.1 Å². The molecule has 0 spiro atoms. The highest BCUT2D eigenvalue weighted by Crippen LogP contribution is 2.35. The second-order valence-corrected chi connectivity index (χ2v) is 6.92. The minimum atomic E-state index is -0.397. The number of carbonyl (C=O) groups excluding carboxylic acids is 1. The van der Waals surface area contributed by atoms with Gasteiger partial charge < -0.3 is 10.1 Å². The normalized spacial score (nSPS) is 15.8. The third kappa shape index (κ3) is 3.38. The number of rotatable bonds is 5. The standard InChI is InChI=1S/C21H21N5O2/c1-13-7-9-16(10-8-13)12-28-18-6-4-5-17(11-18)20-19(15(3)27)14(2)22-21-23-24-25-26(20)21/h4-11,20H,12H2,1-3H3,(H,22,23,25). The molecule has 2 heterocycles. The number of hydrogen-bond acceptors (Lipinski definition) is 6. The summed E-state index contributed by atoms with van der Waals surface area (Å²) in [7, 11) is 0. The number of allylic oxidation sites excluding steroid dienone is 2. The molecule has 4 rings (SSSR count). The average molecular weight is 375 g/mol. The summed E-state index contributed by atoms with van der Waals surface area (Å²) < 4.78 is 7.61. The van der Waals surface area contributed by atoms with E-state index in [1.807, 2.05) is 31.2 Å². The van der Waals surface area contributed by atoms with Gasteiger partial charge in [-0.1, -0.05) is 47.1 Å². The Kier molecular flexibility index (Phi) is 4.65. The van der Waals surface area contributed by atoms with E-state index in [0.717, 1.165) is 22.6 Å². The lowest BCUT2D eigenvalue weighted by Crippen LogP contribution is -2.27. The first kappa shape index (κ1) is 17.9. The van der Waals surface area contributed by atoms with Gasteiger partial charge in [-0.2, -0.15) is 4.68 Å². The topological polar surface area (TPSA) is 81.9 Å². The number of Topliss-reactive ketones (excluding diaryl/α,β-unsaturated/α-hetero) is 1. The highest BCUT2D eigenvalue weighted by molar-refractivity contribution is 5.96. The molecule has 28 heavy (non-hydrogen) atoms. The lowest BCUT2D eigenvalue weighted by Gasteiger charge is -2.27. The van der Waals surface area contributed by atoms with E-state index >= 15 is 0 Å². The van der Waals surface area contributed by atoms with Gasteiger partial charge in [0.15, 0.2) is 5.78 Å². The lowest BCUT2D eigenvalue weighted by atomic mass is 9.93. The second-order valence-electron chi connectivity index (χ2n) is 6.92. The van der Waals surface area contributed by atoms with Gasteiger partial charge in [-0.15, -0.1) is 0 Å². The SMILES string of the molecule is CC(=O)C1=C(C)Nc2nnnn2C1c1cccc(OCc2ccc(C)cc2)c1. The highest BCUT2D eigenvalue weighted by atomic mass is 16.5. The summed E-state index contributed by atoms with van der Waals surface area (Å²) in [6.45, 7) is 5.95. The number of ether oxygens (including phenoxy) is 1. The molecule has 0 amide bonds. The fraction of sp³-hybridized carbons (Fsp3) is 0.238. The summed E-state index contributed by atoms with van der Waals surface area (Å²) in [6, 6.07) is 15.6. The van der Waals surface area contributed by atoms with Crippen LogP contribution in [0.25, 0.3) is 0 Å². The van der Waals surface area contributed by atoms with Crippen molar-refractivity contribution in [3.63, 3.8) is 0 Å². The predicted molar refractivity (Wildman–Crippen MR) is 105 cm³/mol. The molecule has 3 aromatic rings. The summed E-state index contributed by atoms with van der Waals surface area (Å²) in [5.74, 6) is 1.22. The number of aryl methyl sites for hydroxylation is 1. The first-order chi connectivity index (χ1) is 13.5. The van der Waals surface area contributed by atoms with Crippen molar-refractivity contribution in [2.45, 2.75) is 33.4 Å². The van der Waals surface area contributed by atoms with Crippen LogP contribution < -0.4 is 10.1 Å². The first-order valence-electron chi connectivity index (χ1n) is 9.08. The Balaban J connectivity index is 1.64. The third-order valence-electron chi connectivity index (χ3n) is 4.79. The van der Waals surface area contributed by atoms with Crippen molar-refractivity contribution in [2.75, 3.05) is 5.32 Å². The molecule has 1 N–H and O–H groups in total. The van der Waals surface area contributed by atoms with Crippen molar-refractivity contribution in [3.8, 4) is 5.75 Å². The van der Waals surface area contributed by atoms with Gasteiger partial charge in [0.05, 0.1) is 0 Å². The van der Waals surface area contributed by atoms with Crippen LogP contribution in [0, 0.1) is 6.92 Å². The zero-order valence-electron chi connectivity index (χ0n) is 16.0. The number of ketones is 1. The average Bonchev–Trinajstić information content (AvgIpc) is 3.14. The van der Waals surface area contributed by atoms with Gasteiger partial charge in [-0.3, -0.25) is 4.79 Å². The monoisotopic (exact) mass is 375 g/mol. The Hall–Kier alpha value is -3.48. The zero-order valence-corrected chi connectivity index (χ0v) is 16.0. The maximum absolute atomic E-state index is 12.3. The smallest absolute Gasteiger partial charge is 0.248 e. The molecule has 0 radical (unpaired) electrons. The van der Waals surface area contributed by atoms with Crippen molar-refractivity contribution >= 4 is 11.7 Å². The van der Waals surface area contributed by atoms with Gasteiger partial charge in [0.1, 0.15) is 18.4 Å². The number of benzene rings is 2. The third-order valence-corrected chi connectivity index (χ3v) is 4.79. The highest BCUT2D eigenvalue weighted by Gasteiger charge is 2.32.